The molecule has 1 fully saturated rings. The predicted molar refractivity (Wildman–Crippen MR) is 95.6 cm³/mol. The lowest BCUT2D eigenvalue weighted by atomic mass is 10.0. The molecule has 1 aromatic carbocycles. The highest BCUT2D eigenvalue weighted by molar-refractivity contribution is 5.78. The minimum absolute atomic E-state index is 0.0297. The molecular weight excluding hydrogens is 364 g/mol. The van der Waals surface area contributed by atoms with Crippen molar-refractivity contribution < 1.29 is 23.2 Å². The number of carbonyl (C=O) groups is 1. The standard InChI is InChI=1S/C19H18N4O5/c24-17(20-7-12-3-4-14-16(6-12)27-11-26-14)10-23-8-13(9-23)19-21-18(22-28-19)15-2-1-5-25-15/h1-6,13H,7-11H2,(H,20,24). The van der Waals surface area contributed by atoms with E-state index >= 15 is 0 Å². The summed E-state index contributed by atoms with van der Waals surface area (Å²) in [4.78, 5) is 18.6. The van der Waals surface area contributed by atoms with Crippen molar-refractivity contribution in [1.29, 1.82) is 0 Å². The molecule has 0 atom stereocenters. The summed E-state index contributed by atoms with van der Waals surface area (Å²) in [5, 5.41) is 6.86. The van der Waals surface area contributed by atoms with Gasteiger partial charge in [-0.15, -0.1) is 0 Å². The number of benzene rings is 1. The van der Waals surface area contributed by atoms with Gasteiger partial charge in [-0.25, -0.2) is 0 Å². The van der Waals surface area contributed by atoms with Crippen LogP contribution in [0.1, 0.15) is 17.4 Å². The molecule has 4 heterocycles. The second-order valence-electron chi connectivity index (χ2n) is 6.79. The average molecular weight is 382 g/mol. The number of rotatable bonds is 6. The predicted octanol–water partition coefficient (Wildman–Crippen LogP) is 1.77. The van der Waals surface area contributed by atoms with Crippen LogP contribution in [0.2, 0.25) is 0 Å². The molecule has 0 radical (unpaired) electrons. The Labute approximate surface area is 160 Å². The molecule has 3 aromatic rings. The van der Waals surface area contributed by atoms with Gasteiger partial charge in [0.25, 0.3) is 0 Å². The first-order valence-corrected chi connectivity index (χ1v) is 8.99. The minimum Gasteiger partial charge on any atom is -0.461 e. The number of nitrogens with zero attached hydrogens (tertiary/aromatic N) is 3. The third-order valence-electron chi connectivity index (χ3n) is 4.78. The topological polar surface area (TPSA) is 103 Å². The zero-order valence-corrected chi connectivity index (χ0v) is 15.0. The molecule has 5 rings (SSSR count). The van der Waals surface area contributed by atoms with Gasteiger partial charge in [-0.2, -0.15) is 4.98 Å². The molecule has 0 spiro atoms. The number of ether oxygens (including phenoxy) is 2. The fourth-order valence-electron chi connectivity index (χ4n) is 3.27. The van der Waals surface area contributed by atoms with Crippen LogP contribution in [0.5, 0.6) is 11.5 Å². The summed E-state index contributed by atoms with van der Waals surface area (Å²) in [7, 11) is 0. The Morgan fingerprint density at radius 3 is 2.96 bits per heavy atom. The van der Waals surface area contributed by atoms with Gasteiger partial charge in [0, 0.05) is 19.6 Å². The second-order valence-corrected chi connectivity index (χ2v) is 6.79. The molecule has 2 aromatic heterocycles. The number of nitrogens with one attached hydrogen (secondary N) is 1. The van der Waals surface area contributed by atoms with Gasteiger partial charge in [0.2, 0.25) is 24.4 Å². The van der Waals surface area contributed by atoms with Crippen molar-refractivity contribution in [3.05, 3.63) is 48.0 Å². The van der Waals surface area contributed by atoms with Crippen molar-refractivity contribution in [1.82, 2.24) is 20.4 Å². The van der Waals surface area contributed by atoms with Gasteiger partial charge in [-0.1, -0.05) is 11.2 Å². The van der Waals surface area contributed by atoms with E-state index in [0.717, 1.165) is 11.3 Å². The molecule has 2 aliphatic heterocycles. The summed E-state index contributed by atoms with van der Waals surface area (Å²) in [6.07, 6.45) is 1.57. The molecule has 1 amide bonds. The molecule has 0 saturated carbocycles. The third kappa shape index (κ3) is 3.31. The van der Waals surface area contributed by atoms with Gasteiger partial charge < -0.3 is 23.7 Å². The number of amides is 1. The average Bonchev–Trinajstić information content (AvgIpc) is 3.42. The summed E-state index contributed by atoms with van der Waals surface area (Å²) in [6.45, 7) is 2.43. The highest BCUT2D eigenvalue weighted by Crippen LogP contribution is 2.32. The summed E-state index contributed by atoms with van der Waals surface area (Å²) in [5.41, 5.74) is 0.968. The van der Waals surface area contributed by atoms with E-state index < -0.39 is 0 Å². The fourth-order valence-corrected chi connectivity index (χ4v) is 3.27. The maximum atomic E-state index is 12.2. The molecular formula is C19H18N4O5. The number of hydrogen-bond acceptors (Lipinski definition) is 8. The highest BCUT2D eigenvalue weighted by atomic mass is 16.7. The normalized spacial score (nSPS) is 16.1. The molecule has 144 valence electrons. The quantitative estimate of drug-likeness (QED) is 0.688. The van der Waals surface area contributed by atoms with Crippen molar-refractivity contribution in [3.63, 3.8) is 0 Å². The molecule has 0 unspecified atom stereocenters. The van der Waals surface area contributed by atoms with Crippen molar-refractivity contribution in [2.75, 3.05) is 26.4 Å². The van der Waals surface area contributed by atoms with Gasteiger partial charge in [0.1, 0.15) is 0 Å². The van der Waals surface area contributed by atoms with E-state index in [1.54, 1.807) is 18.4 Å². The number of carbonyl (C=O) groups excluding carboxylic acids is 1. The molecule has 9 heteroatoms. The summed E-state index contributed by atoms with van der Waals surface area (Å²) >= 11 is 0. The van der Waals surface area contributed by atoms with Crippen molar-refractivity contribution >= 4 is 5.91 Å². The summed E-state index contributed by atoms with van der Waals surface area (Å²) < 4.78 is 21.2. The van der Waals surface area contributed by atoms with E-state index in [2.05, 4.69) is 15.5 Å². The van der Waals surface area contributed by atoms with Crippen LogP contribution in [0.3, 0.4) is 0 Å². The van der Waals surface area contributed by atoms with Gasteiger partial charge in [0.15, 0.2) is 17.3 Å². The molecule has 0 aliphatic carbocycles. The SMILES string of the molecule is O=C(CN1CC(c2nc(-c3ccco3)no2)C1)NCc1ccc2c(c1)OCO2. The zero-order valence-electron chi connectivity index (χ0n) is 15.0. The lowest BCUT2D eigenvalue weighted by molar-refractivity contribution is -0.123. The maximum Gasteiger partial charge on any atom is 0.238 e. The Kier molecular flexibility index (Phi) is 4.21. The van der Waals surface area contributed by atoms with Crippen LogP contribution in [0, 0.1) is 0 Å². The first-order valence-electron chi connectivity index (χ1n) is 8.99. The molecule has 1 saturated heterocycles. The highest BCUT2D eigenvalue weighted by Gasteiger charge is 2.33. The van der Waals surface area contributed by atoms with Crippen LogP contribution in [0.25, 0.3) is 11.6 Å². The molecule has 9 nitrogen and oxygen atoms in total. The van der Waals surface area contributed by atoms with Gasteiger partial charge in [0.05, 0.1) is 18.7 Å². The van der Waals surface area contributed by atoms with Crippen LogP contribution < -0.4 is 14.8 Å². The maximum absolute atomic E-state index is 12.2. The van der Waals surface area contributed by atoms with Crippen LogP contribution in [0.4, 0.5) is 0 Å². The molecule has 0 bridgehead atoms. The monoisotopic (exact) mass is 382 g/mol. The van der Waals surface area contributed by atoms with E-state index in [9.17, 15) is 4.79 Å². The van der Waals surface area contributed by atoms with E-state index in [0.29, 0.717) is 49.4 Å². The first kappa shape index (κ1) is 16.8. The van der Waals surface area contributed by atoms with E-state index in [4.69, 9.17) is 18.4 Å². The summed E-state index contributed by atoms with van der Waals surface area (Å²) in [6, 6.07) is 9.21. The smallest absolute Gasteiger partial charge is 0.238 e. The second kappa shape index (κ2) is 7.01. The first-order chi connectivity index (χ1) is 13.7. The van der Waals surface area contributed by atoms with Gasteiger partial charge in [-0.05, 0) is 29.8 Å². The Morgan fingerprint density at radius 1 is 1.21 bits per heavy atom. The summed E-state index contributed by atoms with van der Waals surface area (Å²) in [5.74, 6) is 3.15. The minimum atomic E-state index is -0.0297. The molecule has 28 heavy (non-hydrogen) atoms. The Morgan fingerprint density at radius 2 is 2.11 bits per heavy atom. The van der Waals surface area contributed by atoms with Crippen LogP contribution in [0.15, 0.2) is 45.5 Å². The largest absolute Gasteiger partial charge is 0.461 e. The Balaban J connectivity index is 1.08. The van der Waals surface area contributed by atoms with Crippen LogP contribution >= 0.6 is 0 Å². The van der Waals surface area contributed by atoms with E-state index in [1.807, 2.05) is 23.1 Å². The lowest BCUT2D eigenvalue weighted by Crippen LogP contribution is -2.49. The Bertz CT molecular complexity index is 978. The molecule has 2 aliphatic rings. The van der Waals surface area contributed by atoms with Crippen LogP contribution in [-0.4, -0.2) is 47.4 Å². The fraction of sp³-hybridized carbons (Fsp3) is 0.316. The number of furan rings is 1. The van der Waals surface area contributed by atoms with Crippen molar-refractivity contribution in [2.24, 2.45) is 0 Å². The third-order valence-corrected chi connectivity index (χ3v) is 4.78. The number of fused-ring (bicyclic) bond motifs is 1. The van der Waals surface area contributed by atoms with Gasteiger partial charge >= 0.3 is 0 Å². The van der Waals surface area contributed by atoms with Crippen molar-refractivity contribution in [2.45, 2.75) is 12.5 Å². The molecule has 1 N–H and O–H groups in total. The van der Waals surface area contributed by atoms with Crippen molar-refractivity contribution in [3.8, 4) is 23.1 Å². The van der Waals surface area contributed by atoms with E-state index in [-0.39, 0.29) is 18.6 Å². The van der Waals surface area contributed by atoms with Crippen LogP contribution in [-0.2, 0) is 11.3 Å². The number of aromatic nitrogens is 2. The number of hydrogen-bond donors (Lipinski definition) is 1. The lowest BCUT2D eigenvalue weighted by Gasteiger charge is -2.36. The number of likely N-dealkylation sites (tertiary alicyclic amines) is 1. The van der Waals surface area contributed by atoms with E-state index in [1.165, 1.54) is 0 Å². The van der Waals surface area contributed by atoms with Gasteiger partial charge in [-0.3, -0.25) is 9.69 Å². The Hall–Kier alpha value is -3.33. The zero-order chi connectivity index (χ0) is 18.9.